The van der Waals surface area contributed by atoms with Crippen LogP contribution in [0.15, 0.2) is 36.4 Å². The monoisotopic (exact) mass is 438 g/mol. The van der Waals surface area contributed by atoms with Gasteiger partial charge in [-0.1, -0.05) is 12.1 Å². The SMILES string of the molecule is CC(C)(C)OC(=O)N1CCC(c2cccc3c2O[C@@](C)(c2ccc(C#N)cc2F)O3)CC1. The molecule has 0 unspecified atom stereocenters. The van der Waals surface area contributed by atoms with Gasteiger partial charge in [0.2, 0.25) is 0 Å². The Balaban J connectivity index is 1.51. The zero-order valence-electron chi connectivity index (χ0n) is 18.8. The Bertz CT molecular complexity index is 1080. The van der Waals surface area contributed by atoms with E-state index in [-0.39, 0.29) is 23.1 Å². The molecule has 1 amide bonds. The Hall–Kier alpha value is -3.27. The first-order chi connectivity index (χ1) is 15.1. The van der Waals surface area contributed by atoms with E-state index in [0.29, 0.717) is 24.6 Å². The molecule has 7 heteroatoms. The summed E-state index contributed by atoms with van der Waals surface area (Å²) in [5, 5.41) is 9.00. The van der Waals surface area contributed by atoms with E-state index < -0.39 is 17.2 Å². The predicted octanol–water partition coefficient (Wildman–Crippen LogP) is 5.46. The molecule has 2 aromatic carbocycles. The number of carbonyl (C=O) groups is 1. The van der Waals surface area contributed by atoms with Crippen molar-refractivity contribution in [2.75, 3.05) is 13.1 Å². The van der Waals surface area contributed by atoms with E-state index in [1.54, 1.807) is 17.9 Å². The topological polar surface area (TPSA) is 71.8 Å². The zero-order valence-corrected chi connectivity index (χ0v) is 18.8. The number of ether oxygens (including phenoxy) is 3. The molecule has 0 aliphatic carbocycles. The minimum atomic E-state index is -1.33. The molecule has 2 aliphatic heterocycles. The molecule has 1 atom stereocenters. The van der Waals surface area contributed by atoms with Crippen LogP contribution in [-0.2, 0) is 10.5 Å². The molecule has 6 nitrogen and oxygen atoms in total. The first-order valence-corrected chi connectivity index (χ1v) is 10.8. The maximum atomic E-state index is 14.7. The van der Waals surface area contributed by atoms with Crippen LogP contribution < -0.4 is 9.47 Å². The van der Waals surface area contributed by atoms with Gasteiger partial charge in [0.05, 0.1) is 17.2 Å². The molecule has 0 aromatic heterocycles. The average molecular weight is 438 g/mol. The van der Waals surface area contributed by atoms with E-state index >= 15 is 0 Å². The fourth-order valence-electron chi connectivity index (χ4n) is 4.23. The summed E-state index contributed by atoms with van der Waals surface area (Å²) in [5.41, 5.74) is 0.940. The Kier molecular flexibility index (Phi) is 5.49. The van der Waals surface area contributed by atoms with Gasteiger partial charge in [-0.2, -0.15) is 5.26 Å². The summed E-state index contributed by atoms with van der Waals surface area (Å²) in [6.45, 7) is 8.42. The minimum absolute atomic E-state index is 0.181. The number of likely N-dealkylation sites (tertiary alicyclic amines) is 1. The molecule has 4 rings (SSSR count). The summed E-state index contributed by atoms with van der Waals surface area (Å²) < 4.78 is 32.4. The third kappa shape index (κ3) is 4.22. The maximum Gasteiger partial charge on any atom is 0.410 e. The Morgan fingerprint density at radius 1 is 1.22 bits per heavy atom. The van der Waals surface area contributed by atoms with Gasteiger partial charge < -0.3 is 19.1 Å². The van der Waals surface area contributed by atoms with Crippen LogP contribution in [-0.4, -0.2) is 29.7 Å². The fraction of sp³-hybridized carbons (Fsp3) is 0.440. The van der Waals surface area contributed by atoms with E-state index in [9.17, 15) is 9.18 Å². The summed E-state index contributed by atoms with van der Waals surface area (Å²) in [5.74, 6) is -0.530. The molecule has 0 saturated carbocycles. The van der Waals surface area contributed by atoms with Crippen molar-refractivity contribution in [3.63, 3.8) is 0 Å². The zero-order chi connectivity index (χ0) is 23.1. The van der Waals surface area contributed by atoms with Gasteiger partial charge in [0.25, 0.3) is 5.79 Å². The van der Waals surface area contributed by atoms with Gasteiger partial charge in [-0.25, -0.2) is 9.18 Å². The molecule has 2 heterocycles. The molecule has 1 fully saturated rings. The van der Waals surface area contributed by atoms with Gasteiger partial charge >= 0.3 is 6.09 Å². The minimum Gasteiger partial charge on any atom is -0.444 e. The number of carbonyl (C=O) groups excluding carboxylic acids is 1. The van der Waals surface area contributed by atoms with Crippen LogP contribution in [0.3, 0.4) is 0 Å². The average Bonchev–Trinajstić information content (AvgIpc) is 3.09. The standard InChI is InChI=1S/C25H27FN2O4/c1-24(2,3)32-23(29)28-12-10-17(11-13-28)18-6-5-7-21-22(18)31-25(4,30-21)19-9-8-16(15-27)14-20(19)26/h5-9,14,17H,10-13H2,1-4H3/t25-/m0/s1. The number of hydrogen-bond acceptors (Lipinski definition) is 5. The van der Waals surface area contributed by atoms with Gasteiger partial charge in [-0.05, 0) is 63.8 Å². The van der Waals surface area contributed by atoms with Crippen LogP contribution in [0.4, 0.5) is 9.18 Å². The van der Waals surface area contributed by atoms with Gasteiger partial charge in [0.1, 0.15) is 11.4 Å². The second-order valence-corrected chi connectivity index (χ2v) is 9.37. The second kappa shape index (κ2) is 8.01. The van der Waals surface area contributed by atoms with Crippen molar-refractivity contribution in [1.29, 1.82) is 5.26 Å². The van der Waals surface area contributed by atoms with Gasteiger partial charge in [-0.3, -0.25) is 0 Å². The van der Waals surface area contributed by atoms with Crippen molar-refractivity contribution in [2.24, 2.45) is 0 Å². The van der Waals surface area contributed by atoms with E-state index in [1.165, 1.54) is 12.1 Å². The lowest BCUT2D eigenvalue weighted by Crippen LogP contribution is -2.41. The highest BCUT2D eigenvalue weighted by Gasteiger charge is 2.43. The van der Waals surface area contributed by atoms with Gasteiger partial charge in [-0.15, -0.1) is 0 Å². The van der Waals surface area contributed by atoms with E-state index in [0.717, 1.165) is 18.4 Å². The smallest absolute Gasteiger partial charge is 0.410 e. The van der Waals surface area contributed by atoms with Crippen molar-refractivity contribution in [1.82, 2.24) is 4.90 Å². The maximum absolute atomic E-state index is 14.7. The summed E-state index contributed by atoms with van der Waals surface area (Å²) in [4.78, 5) is 14.1. The van der Waals surface area contributed by atoms with Crippen LogP contribution in [0.1, 0.15) is 63.1 Å². The molecule has 0 spiro atoms. The van der Waals surface area contributed by atoms with E-state index in [1.807, 2.05) is 45.0 Å². The molecule has 2 aromatic rings. The van der Waals surface area contributed by atoms with Crippen LogP contribution in [0, 0.1) is 17.1 Å². The molecule has 32 heavy (non-hydrogen) atoms. The summed E-state index contributed by atoms with van der Waals surface area (Å²) in [7, 11) is 0. The molecule has 0 N–H and O–H groups in total. The largest absolute Gasteiger partial charge is 0.444 e. The number of nitriles is 1. The molecule has 0 radical (unpaired) electrons. The number of hydrogen-bond donors (Lipinski definition) is 0. The van der Waals surface area contributed by atoms with Crippen LogP contribution in [0.25, 0.3) is 0 Å². The Morgan fingerprint density at radius 3 is 2.56 bits per heavy atom. The van der Waals surface area contributed by atoms with Crippen molar-refractivity contribution in [3.8, 4) is 17.6 Å². The highest BCUT2D eigenvalue weighted by atomic mass is 19.1. The molecular formula is C25H27FN2O4. The van der Waals surface area contributed by atoms with Crippen molar-refractivity contribution >= 4 is 6.09 Å². The lowest BCUT2D eigenvalue weighted by atomic mass is 9.89. The molecule has 1 saturated heterocycles. The Morgan fingerprint density at radius 2 is 1.94 bits per heavy atom. The Labute approximate surface area is 187 Å². The number of nitrogens with zero attached hydrogens (tertiary/aromatic N) is 2. The highest BCUT2D eigenvalue weighted by Crippen LogP contribution is 2.49. The summed E-state index contributed by atoms with van der Waals surface area (Å²) >= 11 is 0. The summed E-state index contributed by atoms with van der Waals surface area (Å²) in [6, 6.07) is 11.9. The first-order valence-electron chi connectivity index (χ1n) is 10.8. The third-order valence-electron chi connectivity index (χ3n) is 5.78. The number of fused-ring (bicyclic) bond motifs is 1. The van der Waals surface area contributed by atoms with Crippen LogP contribution >= 0.6 is 0 Å². The van der Waals surface area contributed by atoms with Crippen LogP contribution in [0.5, 0.6) is 11.5 Å². The number of piperidine rings is 1. The lowest BCUT2D eigenvalue weighted by molar-refractivity contribution is -0.0711. The highest BCUT2D eigenvalue weighted by molar-refractivity contribution is 5.68. The summed E-state index contributed by atoms with van der Waals surface area (Å²) in [6.07, 6.45) is 1.24. The normalized spacial score (nSPS) is 20.7. The van der Waals surface area contributed by atoms with E-state index in [2.05, 4.69) is 0 Å². The van der Waals surface area contributed by atoms with Crippen molar-refractivity contribution < 1.29 is 23.4 Å². The third-order valence-corrected chi connectivity index (χ3v) is 5.78. The fourth-order valence-corrected chi connectivity index (χ4v) is 4.23. The predicted molar refractivity (Wildman–Crippen MR) is 116 cm³/mol. The van der Waals surface area contributed by atoms with Gasteiger partial charge in [0.15, 0.2) is 11.5 Å². The molecule has 168 valence electrons. The molecule has 2 aliphatic rings. The van der Waals surface area contributed by atoms with E-state index in [4.69, 9.17) is 19.5 Å². The first kappa shape index (κ1) is 21.9. The quantitative estimate of drug-likeness (QED) is 0.623. The number of halogens is 1. The van der Waals surface area contributed by atoms with Gasteiger partial charge in [0, 0.05) is 25.6 Å². The van der Waals surface area contributed by atoms with Crippen molar-refractivity contribution in [2.45, 2.75) is 57.8 Å². The number of benzene rings is 2. The number of amides is 1. The second-order valence-electron chi connectivity index (χ2n) is 9.37. The molecular weight excluding hydrogens is 411 g/mol. The number of para-hydroxylation sites is 1. The number of rotatable bonds is 2. The lowest BCUT2D eigenvalue weighted by Gasteiger charge is -2.34. The van der Waals surface area contributed by atoms with Crippen molar-refractivity contribution in [3.05, 3.63) is 58.9 Å². The van der Waals surface area contributed by atoms with Crippen LogP contribution in [0.2, 0.25) is 0 Å². The molecule has 0 bridgehead atoms.